The number of nitrogens with one attached hydrogen (secondary N) is 1. The van der Waals surface area contributed by atoms with Gasteiger partial charge in [0.15, 0.2) is 0 Å². The summed E-state index contributed by atoms with van der Waals surface area (Å²) in [5, 5.41) is 13.4. The maximum Gasteiger partial charge on any atom is 0.223 e. The van der Waals surface area contributed by atoms with Gasteiger partial charge >= 0.3 is 0 Å². The van der Waals surface area contributed by atoms with Crippen LogP contribution in [0.25, 0.3) is 0 Å². The SMILES string of the molecule is CCC1CCC(O)(CNC(=O)C(C)C(C)C)CC1. The molecular formula is C15H29NO2. The van der Waals surface area contributed by atoms with Gasteiger partial charge in [0, 0.05) is 12.5 Å². The molecule has 18 heavy (non-hydrogen) atoms. The van der Waals surface area contributed by atoms with Gasteiger partial charge in [-0.15, -0.1) is 0 Å². The van der Waals surface area contributed by atoms with Gasteiger partial charge in [-0.05, 0) is 37.5 Å². The van der Waals surface area contributed by atoms with E-state index in [1.807, 2.05) is 20.8 Å². The van der Waals surface area contributed by atoms with Gasteiger partial charge in [0.1, 0.15) is 0 Å². The molecule has 0 saturated heterocycles. The molecule has 1 rings (SSSR count). The van der Waals surface area contributed by atoms with Crippen molar-refractivity contribution in [3.05, 3.63) is 0 Å². The normalized spacial score (nSPS) is 30.2. The Labute approximate surface area is 111 Å². The Hall–Kier alpha value is -0.570. The van der Waals surface area contributed by atoms with Crippen molar-refractivity contribution in [1.82, 2.24) is 5.32 Å². The van der Waals surface area contributed by atoms with Crippen molar-refractivity contribution in [1.29, 1.82) is 0 Å². The summed E-state index contributed by atoms with van der Waals surface area (Å²) in [6.45, 7) is 8.66. The zero-order chi connectivity index (χ0) is 13.8. The largest absolute Gasteiger partial charge is 0.388 e. The second-order valence-corrected chi connectivity index (χ2v) is 6.33. The molecule has 0 aliphatic heterocycles. The Morgan fingerprint density at radius 1 is 1.33 bits per heavy atom. The molecule has 0 aromatic carbocycles. The molecule has 3 heteroatoms. The van der Waals surface area contributed by atoms with E-state index in [-0.39, 0.29) is 11.8 Å². The quantitative estimate of drug-likeness (QED) is 0.793. The summed E-state index contributed by atoms with van der Waals surface area (Å²) in [6, 6.07) is 0. The summed E-state index contributed by atoms with van der Waals surface area (Å²) < 4.78 is 0. The van der Waals surface area contributed by atoms with E-state index >= 15 is 0 Å². The minimum atomic E-state index is -0.669. The predicted molar refractivity (Wildman–Crippen MR) is 74.2 cm³/mol. The molecule has 1 amide bonds. The summed E-state index contributed by atoms with van der Waals surface area (Å²) >= 11 is 0. The van der Waals surface area contributed by atoms with Crippen LogP contribution >= 0.6 is 0 Å². The molecule has 3 nitrogen and oxygen atoms in total. The number of carbonyl (C=O) groups excluding carboxylic acids is 1. The van der Waals surface area contributed by atoms with Crippen molar-refractivity contribution in [2.75, 3.05) is 6.54 Å². The van der Waals surface area contributed by atoms with Crippen LogP contribution < -0.4 is 5.32 Å². The number of carbonyl (C=O) groups is 1. The molecule has 1 atom stereocenters. The fourth-order valence-electron chi connectivity index (χ4n) is 2.52. The highest BCUT2D eigenvalue weighted by molar-refractivity contribution is 5.78. The van der Waals surface area contributed by atoms with Gasteiger partial charge in [-0.3, -0.25) is 4.79 Å². The second-order valence-electron chi connectivity index (χ2n) is 6.33. The van der Waals surface area contributed by atoms with Crippen LogP contribution in [0.15, 0.2) is 0 Å². The number of aliphatic hydroxyl groups is 1. The first kappa shape index (κ1) is 15.5. The van der Waals surface area contributed by atoms with Gasteiger partial charge < -0.3 is 10.4 Å². The van der Waals surface area contributed by atoms with Crippen LogP contribution in [-0.4, -0.2) is 23.2 Å². The van der Waals surface area contributed by atoms with E-state index in [4.69, 9.17) is 0 Å². The molecule has 1 aliphatic carbocycles. The molecule has 1 fully saturated rings. The Kier molecular flexibility index (Phi) is 5.64. The first-order chi connectivity index (χ1) is 8.38. The van der Waals surface area contributed by atoms with Gasteiger partial charge in [0.2, 0.25) is 5.91 Å². The average molecular weight is 255 g/mol. The zero-order valence-electron chi connectivity index (χ0n) is 12.3. The molecular weight excluding hydrogens is 226 g/mol. The maximum atomic E-state index is 11.9. The van der Waals surface area contributed by atoms with E-state index in [0.717, 1.165) is 31.6 Å². The second kappa shape index (κ2) is 6.55. The third kappa shape index (κ3) is 4.27. The van der Waals surface area contributed by atoms with E-state index in [9.17, 15) is 9.90 Å². The maximum absolute atomic E-state index is 11.9. The first-order valence-corrected chi connectivity index (χ1v) is 7.38. The first-order valence-electron chi connectivity index (χ1n) is 7.38. The summed E-state index contributed by atoms with van der Waals surface area (Å²) in [5.41, 5.74) is -0.669. The Morgan fingerprint density at radius 3 is 2.33 bits per heavy atom. The van der Waals surface area contributed by atoms with Gasteiger partial charge in [0.25, 0.3) is 0 Å². The zero-order valence-corrected chi connectivity index (χ0v) is 12.3. The highest BCUT2D eigenvalue weighted by Gasteiger charge is 2.33. The van der Waals surface area contributed by atoms with Gasteiger partial charge in [0.05, 0.1) is 5.60 Å². The Morgan fingerprint density at radius 2 is 1.89 bits per heavy atom. The molecule has 0 spiro atoms. The Balaban J connectivity index is 2.37. The predicted octanol–water partition coefficient (Wildman–Crippen LogP) is 2.73. The van der Waals surface area contributed by atoms with Crippen molar-refractivity contribution < 1.29 is 9.90 Å². The molecule has 1 aliphatic rings. The van der Waals surface area contributed by atoms with E-state index in [1.165, 1.54) is 6.42 Å². The van der Waals surface area contributed by atoms with Crippen LogP contribution in [0.3, 0.4) is 0 Å². The fourth-order valence-corrected chi connectivity index (χ4v) is 2.52. The average Bonchev–Trinajstić information content (AvgIpc) is 2.36. The summed E-state index contributed by atoms with van der Waals surface area (Å²) in [7, 11) is 0. The van der Waals surface area contributed by atoms with Crippen LogP contribution in [0.4, 0.5) is 0 Å². The smallest absolute Gasteiger partial charge is 0.223 e. The molecule has 1 unspecified atom stereocenters. The lowest BCUT2D eigenvalue weighted by Crippen LogP contribution is -2.47. The van der Waals surface area contributed by atoms with E-state index in [1.54, 1.807) is 0 Å². The molecule has 1 saturated carbocycles. The molecule has 0 heterocycles. The number of amides is 1. The number of rotatable bonds is 5. The highest BCUT2D eigenvalue weighted by Crippen LogP contribution is 2.33. The molecule has 0 aromatic rings. The van der Waals surface area contributed by atoms with E-state index in [2.05, 4.69) is 12.2 Å². The lowest BCUT2D eigenvalue weighted by molar-refractivity contribution is -0.127. The van der Waals surface area contributed by atoms with Crippen molar-refractivity contribution in [2.45, 2.75) is 65.4 Å². The monoisotopic (exact) mass is 255 g/mol. The van der Waals surface area contributed by atoms with E-state index < -0.39 is 5.60 Å². The molecule has 2 N–H and O–H groups in total. The number of hydrogen-bond acceptors (Lipinski definition) is 2. The minimum absolute atomic E-state index is 0.0144. The van der Waals surface area contributed by atoms with Crippen molar-refractivity contribution >= 4 is 5.91 Å². The third-order valence-electron chi connectivity index (χ3n) is 4.62. The van der Waals surface area contributed by atoms with Gasteiger partial charge in [-0.1, -0.05) is 34.1 Å². The van der Waals surface area contributed by atoms with Crippen molar-refractivity contribution in [2.24, 2.45) is 17.8 Å². The molecule has 0 radical (unpaired) electrons. The number of hydrogen-bond donors (Lipinski definition) is 2. The Bertz CT molecular complexity index is 268. The van der Waals surface area contributed by atoms with Crippen molar-refractivity contribution in [3.63, 3.8) is 0 Å². The van der Waals surface area contributed by atoms with E-state index in [0.29, 0.717) is 12.5 Å². The lowest BCUT2D eigenvalue weighted by atomic mass is 9.78. The van der Waals surface area contributed by atoms with Crippen LogP contribution in [0.2, 0.25) is 0 Å². The van der Waals surface area contributed by atoms with Crippen LogP contribution in [0.1, 0.15) is 59.8 Å². The van der Waals surface area contributed by atoms with Crippen LogP contribution in [0, 0.1) is 17.8 Å². The summed E-state index contributed by atoms with van der Waals surface area (Å²) in [4.78, 5) is 11.9. The van der Waals surface area contributed by atoms with Crippen LogP contribution in [-0.2, 0) is 4.79 Å². The highest BCUT2D eigenvalue weighted by atomic mass is 16.3. The molecule has 0 bridgehead atoms. The molecule has 0 aromatic heterocycles. The topological polar surface area (TPSA) is 49.3 Å². The summed E-state index contributed by atoms with van der Waals surface area (Å²) in [5.74, 6) is 1.18. The minimum Gasteiger partial charge on any atom is -0.388 e. The summed E-state index contributed by atoms with van der Waals surface area (Å²) in [6.07, 6.45) is 5.02. The van der Waals surface area contributed by atoms with Crippen LogP contribution in [0.5, 0.6) is 0 Å². The lowest BCUT2D eigenvalue weighted by Gasteiger charge is -2.36. The van der Waals surface area contributed by atoms with Gasteiger partial charge in [-0.25, -0.2) is 0 Å². The van der Waals surface area contributed by atoms with Gasteiger partial charge in [-0.2, -0.15) is 0 Å². The standard InChI is InChI=1S/C15H29NO2/c1-5-13-6-8-15(18,9-7-13)10-16-14(17)12(4)11(2)3/h11-13,18H,5-10H2,1-4H3,(H,16,17). The molecule has 106 valence electrons. The third-order valence-corrected chi connectivity index (χ3v) is 4.62. The fraction of sp³-hybridized carbons (Fsp3) is 0.933. The van der Waals surface area contributed by atoms with Crippen molar-refractivity contribution in [3.8, 4) is 0 Å².